The maximum atomic E-state index is 6.21. The van der Waals surface area contributed by atoms with E-state index in [1.54, 1.807) is 22.5 Å². The minimum Gasteiger partial charge on any atom is -1.00 e. The van der Waals surface area contributed by atoms with E-state index in [9.17, 15) is 0 Å². The van der Waals surface area contributed by atoms with Gasteiger partial charge < -0.3 is 22.5 Å². The van der Waals surface area contributed by atoms with Crippen molar-refractivity contribution >= 4 is 35.0 Å². The lowest BCUT2D eigenvalue weighted by atomic mass is 10.2. The Morgan fingerprint density at radius 1 is 1.14 bits per heavy atom. The first kappa shape index (κ1) is 22.8. The minimum absolute atomic E-state index is 0. The third-order valence-electron chi connectivity index (χ3n) is 3.78. The third-order valence-corrected chi connectivity index (χ3v) is 5.38. The number of thioether (sulfide) groups is 1. The van der Waals surface area contributed by atoms with Crippen molar-refractivity contribution in [3.8, 4) is 5.75 Å². The molecule has 0 aliphatic carbocycles. The quantitative estimate of drug-likeness (QED) is 0.380. The summed E-state index contributed by atoms with van der Waals surface area (Å²) < 4.78 is 7.64. The van der Waals surface area contributed by atoms with Gasteiger partial charge in [-0.3, -0.25) is 0 Å². The summed E-state index contributed by atoms with van der Waals surface area (Å²) in [5.74, 6) is 1.71. The number of benzene rings is 2. The molecule has 150 valence electrons. The van der Waals surface area contributed by atoms with Crippen LogP contribution in [0.3, 0.4) is 0 Å². The Morgan fingerprint density at radius 3 is 2.71 bits per heavy atom. The summed E-state index contributed by atoms with van der Waals surface area (Å²) in [5, 5.41) is 16.8. The molecule has 0 unspecified atom stereocenters. The van der Waals surface area contributed by atoms with Gasteiger partial charge in [-0.15, -0.1) is 5.10 Å². The second-order valence-corrected chi connectivity index (χ2v) is 7.65. The third kappa shape index (κ3) is 6.53. The summed E-state index contributed by atoms with van der Waals surface area (Å²) in [4.78, 5) is 0. The van der Waals surface area contributed by atoms with E-state index in [1.165, 1.54) is 0 Å². The fourth-order valence-electron chi connectivity index (χ4n) is 2.37. The predicted octanol–water partition coefficient (Wildman–Crippen LogP) is 0.982. The van der Waals surface area contributed by atoms with Crippen molar-refractivity contribution in [2.24, 2.45) is 7.05 Å². The molecule has 0 atom stereocenters. The van der Waals surface area contributed by atoms with Crippen molar-refractivity contribution in [1.82, 2.24) is 25.5 Å². The molecule has 2 aromatic carbocycles. The molecular formula is C18H19Cl3N5OS-. The van der Waals surface area contributed by atoms with E-state index in [0.29, 0.717) is 23.2 Å². The molecule has 0 fully saturated rings. The molecule has 3 aromatic rings. The number of hydrogen-bond acceptors (Lipinski definition) is 6. The molecule has 0 saturated carbocycles. The van der Waals surface area contributed by atoms with Gasteiger partial charge in [-0.05, 0) is 28.6 Å². The summed E-state index contributed by atoms with van der Waals surface area (Å²) in [5.41, 5.74) is 1.99. The maximum absolute atomic E-state index is 6.21. The highest BCUT2D eigenvalue weighted by molar-refractivity contribution is 7.99. The van der Waals surface area contributed by atoms with Crippen LogP contribution in [0.25, 0.3) is 0 Å². The highest BCUT2D eigenvalue weighted by Crippen LogP contribution is 2.24. The van der Waals surface area contributed by atoms with Crippen molar-refractivity contribution in [3.63, 3.8) is 0 Å². The summed E-state index contributed by atoms with van der Waals surface area (Å²) in [7, 11) is 1.83. The van der Waals surface area contributed by atoms with E-state index in [2.05, 4.69) is 20.8 Å². The van der Waals surface area contributed by atoms with Crippen molar-refractivity contribution in [2.75, 3.05) is 12.3 Å². The highest BCUT2D eigenvalue weighted by atomic mass is 35.5. The minimum atomic E-state index is 0. The van der Waals surface area contributed by atoms with Gasteiger partial charge in [-0.2, -0.15) is 0 Å². The number of tetrazole rings is 1. The molecule has 6 nitrogen and oxygen atoms in total. The normalized spacial score (nSPS) is 10.5. The first-order valence-corrected chi connectivity index (χ1v) is 10.1. The number of ether oxygens (including phenoxy) is 1. The summed E-state index contributed by atoms with van der Waals surface area (Å²) in [6.45, 7) is 1.93. The molecule has 0 spiro atoms. The van der Waals surface area contributed by atoms with Gasteiger partial charge in [0.05, 0.1) is 0 Å². The first-order valence-electron chi connectivity index (χ1n) is 8.34. The smallest absolute Gasteiger partial charge is 0.209 e. The molecule has 0 aliphatic rings. The number of nitrogens with zero attached hydrogens (tertiary/aromatic N) is 4. The SMILES string of the molecule is Cn1nnnc1SCCNCc1ccccc1OCc1ccc(Cl)cc1Cl.[Cl-]. The molecule has 1 N–H and O–H groups in total. The zero-order chi connectivity index (χ0) is 19.1. The van der Waals surface area contributed by atoms with Crippen LogP contribution in [0, 0.1) is 0 Å². The van der Waals surface area contributed by atoms with Crippen LogP contribution in [-0.2, 0) is 20.2 Å². The zero-order valence-electron chi connectivity index (χ0n) is 15.1. The van der Waals surface area contributed by atoms with Crippen molar-refractivity contribution in [3.05, 3.63) is 63.6 Å². The molecular weight excluding hydrogens is 441 g/mol. The molecule has 0 aliphatic heterocycles. The summed E-state index contributed by atoms with van der Waals surface area (Å²) in [6, 6.07) is 13.4. The molecule has 0 saturated heterocycles. The number of rotatable bonds is 9. The number of aromatic nitrogens is 4. The largest absolute Gasteiger partial charge is 1.00 e. The van der Waals surface area contributed by atoms with E-state index >= 15 is 0 Å². The van der Waals surface area contributed by atoms with Crippen LogP contribution in [0.15, 0.2) is 47.6 Å². The lowest BCUT2D eigenvalue weighted by molar-refractivity contribution is -0.00000584. The van der Waals surface area contributed by atoms with Gasteiger partial charge in [0, 0.05) is 47.1 Å². The lowest BCUT2D eigenvalue weighted by Crippen LogP contribution is -3.00. The summed E-state index contributed by atoms with van der Waals surface area (Å²) in [6.07, 6.45) is 0. The Balaban J connectivity index is 0.00000280. The van der Waals surface area contributed by atoms with E-state index < -0.39 is 0 Å². The van der Waals surface area contributed by atoms with Gasteiger partial charge in [-0.1, -0.05) is 59.2 Å². The van der Waals surface area contributed by atoms with Gasteiger partial charge >= 0.3 is 0 Å². The fraction of sp³-hybridized carbons (Fsp3) is 0.278. The molecule has 0 bridgehead atoms. The molecule has 10 heteroatoms. The van der Waals surface area contributed by atoms with E-state index in [1.807, 2.05) is 43.4 Å². The van der Waals surface area contributed by atoms with Crippen molar-refractivity contribution in [2.45, 2.75) is 18.3 Å². The molecule has 3 rings (SSSR count). The van der Waals surface area contributed by atoms with Crippen molar-refractivity contribution < 1.29 is 17.1 Å². The van der Waals surface area contributed by atoms with Gasteiger partial charge in [0.1, 0.15) is 12.4 Å². The van der Waals surface area contributed by atoms with Crippen LogP contribution >= 0.6 is 35.0 Å². The number of halogens is 3. The zero-order valence-corrected chi connectivity index (χ0v) is 18.2. The van der Waals surface area contributed by atoms with E-state index in [0.717, 1.165) is 34.3 Å². The van der Waals surface area contributed by atoms with Crippen LogP contribution in [0.4, 0.5) is 0 Å². The van der Waals surface area contributed by atoms with E-state index in [4.69, 9.17) is 27.9 Å². The van der Waals surface area contributed by atoms with Crippen LogP contribution in [0.5, 0.6) is 5.75 Å². The Kier molecular flexibility index (Phi) is 9.34. The van der Waals surface area contributed by atoms with Crippen LogP contribution < -0.4 is 22.5 Å². The van der Waals surface area contributed by atoms with Crippen LogP contribution in [0.2, 0.25) is 10.0 Å². The predicted molar refractivity (Wildman–Crippen MR) is 108 cm³/mol. The first-order chi connectivity index (χ1) is 13.1. The average molecular weight is 460 g/mol. The fourth-order valence-corrected chi connectivity index (χ4v) is 3.58. The van der Waals surface area contributed by atoms with Gasteiger partial charge in [-0.25, -0.2) is 4.68 Å². The van der Waals surface area contributed by atoms with E-state index in [-0.39, 0.29) is 12.4 Å². The molecule has 1 aromatic heterocycles. The molecule has 0 amide bonds. The Bertz CT molecular complexity index is 893. The Hall–Kier alpha value is -1.51. The maximum Gasteiger partial charge on any atom is 0.209 e. The topological polar surface area (TPSA) is 64.9 Å². The number of para-hydroxylation sites is 1. The van der Waals surface area contributed by atoms with Crippen molar-refractivity contribution in [1.29, 1.82) is 0 Å². The molecule has 0 radical (unpaired) electrons. The second-order valence-electron chi connectivity index (χ2n) is 5.74. The number of nitrogens with one attached hydrogen (secondary N) is 1. The van der Waals surface area contributed by atoms with Crippen LogP contribution in [-0.4, -0.2) is 32.5 Å². The number of hydrogen-bond donors (Lipinski definition) is 1. The monoisotopic (exact) mass is 458 g/mol. The second kappa shape index (κ2) is 11.5. The standard InChI is InChI=1S/C18H19Cl2N5OS.ClH/c1-25-18(22-23-24-25)27-9-8-21-11-13-4-2-3-5-17(13)26-12-14-6-7-15(19)10-16(14)20;/h2-7,10,21H,8-9,11-12H2,1H3;1H/p-1. The Morgan fingerprint density at radius 2 is 1.96 bits per heavy atom. The average Bonchev–Trinajstić information content (AvgIpc) is 3.06. The molecule has 28 heavy (non-hydrogen) atoms. The van der Waals surface area contributed by atoms with Gasteiger partial charge in [0.2, 0.25) is 5.16 Å². The van der Waals surface area contributed by atoms with Gasteiger partial charge in [0.15, 0.2) is 0 Å². The highest BCUT2D eigenvalue weighted by Gasteiger charge is 2.07. The summed E-state index contributed by atoms with van der Waals surface area (Å²) >= 11 is 13.8. The lowest BCUT2D eigenvalue weighted by Gasteiger charge is -2.13. The molecule has 1 heterocycles. The van der Waals surface area contributed by atoms with Crippen LogP contribution in [0.1, 0.15) is 11.1 Å². The number of aryl methyl sites for hydroxylation is 1. The van der Waals surface area contributed by atoms with Gasteiger partial charge in [0.25, 0.3) is 0 Å². The Labute approximate surface area is 184 Å².